The van der Waals surface area contributed by atoms with E-state index < -0.39 is 5.91 Å². The molecule has 2 heterocycles. The molecule has 1 atom stereocenters. The number of fused-ring (bicyclic) bond motifs is 1. The van der Waals surface area contributed by atoms with E-state index in [0.717, 1.165) is 30.8 Å². The molecule has 0 spiro atoms. The first-order chi connectivity index (χ1) is 12.3. The Kier molecular flexibility index (Phi) is 6.46. The lowest BCUT2D eigenvalue weighted by atomic mass is 9.96. The van der Waals surface area contributed by atoms with Crippen LogP contribution in [0, 0.1) is 5.92 Å². The van der Waals surface area contributed by atoms with E-state index in [-0.39, 0.29) is 11.6 Å². The summed E-state index contributed by atoms with van der Waals surface area (Å²) in [4.78, 5) is 23.9. The first kappa shape index (κ1) is 19.6. The highest BCUT2D eigenvalue weighted by Gasteiger charge is 2.22. The number of rotatable bonds is 1. The SMILES string of the molecule is CC1CCN(N)/C(=C(\N)C(N)=O)C1.CN1C(=O)CCOc2ccccc21. The van der Waals surface area contributed by atoms with Gasteiger partial charge in [0.15, 0.2) is 0 Å². The van der Waals surface area contributed by atoms with E-state index in [1.54, 1.807) is 11.9 Å². The lowest BCUT2D eigenvalue weighted by Gasteiger charge is -2.31. The van der Waals surface area contributed by atoms with E-state index in [4.69, 9.17) is 22.0 Å². The minimum absolute atomic E-state index is 0.0917. The Morgan fingerprint density at radius 1 is 1.27 bits per heavy atom. The average Bonchev–Trinajstić information content (AvgIpc) is 2.76. The van der Waals surface area contributed by atoms with Crippen LogP contribution in [0.5, 0.6) is 5.75 Å². The quantitative estimate of drug-likeness (QED) is 0.498. The van der Waals surface area contributed by atoms with Crippen molar-refractivity contribution < 1.29 is 14.3 Å². The summed E-state index contributed by atoms with van der Waals surface area (Å²) >= 11 is 0. The molecule has 8 nitrogen and oxygen atoms in total. The molecule has 0 aromatic heterocycles. The van der Waals surface area contributed by atoms with Gasteiger partial charge >= 0.3 is 0 Å². The Bertz CT molecular complexity index is 704. The molecule has 1 aromatic rings. The molecule has 1 unspecified atom stereocenters. The number of nitrogens with zero attached hydrogens (tertiary/aromatic N) is 2. The van der Waals surface area contributed by atoms with Gasteiger partial charge in [0, 0.05) is 13.6 Å². The first-order valence-electron chi connectivity index (χ1n) is 8.60. The number of hydrazine groups is 1. The van der Waals surface area contributed by atoms with Crippen LogP contribution in [0.25, 0.3) is 0 Å². The molecule has 3 rings (SSSR count). The minimum atomic E-state index is -0.598. The van der Waals surface area contributed by atoms with Gasteiger partial charge in [0.25, 0.3) is 5.91 Å². The third-order valence-electron chi connectivity index (χ3n) is 4.50. The fourth-order valence-electron chi connectivity index (χ4n) is 2.86. The fraction of sp³-hybridized carbons (Fsp3) is 0.444. The van der Waals surface area contributed by atoms with Crippen molar-refractivity contribution in [2.75, 3.05) is 25.1 Å². The van der Waals surface area contributed by atoms with Gasteiger partial charge in [0.05, 0.1) is 24.4 Å². The van der Waals surface area contributed by atoms with Crippen LogP contribution in [0.3, 0.4) is 0 Å². The predicted molar refractivity (Wildman–Crippen MR) is 99.7 cm³/mol. The molecule has 1 saturated heterocycles. The largest absolute Gasteiger partial charge is 0.491 e. The zero-order chi connectivity index (χ0) is 19.3. The third-order valence-corrected chi connectivity index (χ3v) is 4.50. The van der Waals surface area contributed by atoms with Gasteiger partial charge in [0.1, 0.15) is 11.4 Å². The zero-order valence-electron chi connectivity index (χ0n) is 15.3. The van der Waals surface area contributed by atoms with Crippen LogP contribution in [0.15, 0.2) is 35.7 Å². The zero-order valence-corrected chi connectivity index (χ0v) is 15.3. The Morgan fingerprint density at radius 2 is 1.96 bits per heavy atom. The van der Waals surface area contributed by atoms with Crippen molar-refractivity contribution in [3.05, 3.63) is 35.7 Å². The topological polar surface area (TPSA) is 128 Å². The normalized spacial score (nSPS) is 21.7. The third kappa shape index (κ3) is 4.66. The van der Waals surface area contributed by atoms with Gasteiger partial charge in [-0.15, -0.1) is 0 Å². The molecule has 0 radical (unpaired) electrons. The number of benzene rings is 1. The second kappa shape index (κ2) is 8.57. The van der Waals surface area contributed by atoms with E-state index in [0.29, 0.717) is 24.6 Å². The van der Waals surface area contributed by atoms with Crippen LogP contribution in [-0.4, -0.2) is 37.0 Å². The Morgan fingerprint density at radius 3 is 2.65 bits per heavy atom. The maximum absolute atomic E-state index is 11.4. The van der Waals surface area contributed by atoms with Crippen molar-refractivity contribution in [1.29, 1.82) is 0 Å². The highest BCUT2D eigenvalue weighted by molar-refractivity contribution is 5.95. The molecule has 142 valence electrons. The number of hydrogen-bond donors (Lipinski definition) is 3. The molecule has 2 amide bonds. The second-order valence-corrected chi connectivity index (χ2v) is 6.53. The summed E-state index contributed by atoms with van der Waals surface area (Å²) in [5.74, 6) is 6.47. The van der Waals surface area contributed by atoms with Crippen molar-refractivity contribution in [3.63, 3.8) is 0 Å². The Balaban J connectivity index is 0.000000187. The van der Waals surface area contributed by atoms with Gasteiger partial charge in [-0.25, -0.2) is 5.84 Å². The Hall–Kier alpha value is -2.74. The van der Waals surface area contributed by atoms with Crippen LogP contribution < -0.4 is 26.9 Å². The number of allylic oxidation sites excluding steroid dienone is 1. The summed E-state index contributed by atoms with van der Waals surface area (Å²) in [5.41, 5.74) is 12.2. The molecule has 26 heavy (non-hydrogen) atoms. The van der Waals surface area contributed by atoms with E-state index in [1.807, 2.05) is 24.3 Å². The monoisotopic (exact) mass is 361 g/mol. The summed E-state index contributed by atoms with van der Waals surface area (Å²) in [6, 6.07) is 7.57. The number of para-hydroxylation sites is 2. The van der Waals surface area contributed by atoms with Crippen LogP contribution in [0.1, 0.15) is 26.2 Å². The number of primary amides is 1. The molecular weight excluding hydrogens is 334 g/mol. The number of anilines is 1. The Labute approximate surface area is 153 Å². The molecule has 1 fully saturated rings. The van der Waals surface area contributed by atoms with Crippen LogP contribution in [0.2, 0.25) is 0 Å². The second-order valence-electron chi connectivity index (χ2n) is 6.53. The van der Waals surface area contributed by atoms with Gasteiger partial charge in [-0.3, -0.25) is 9.59 Å². The van der Waals surface area contributed by atoms with Gasteiger partial charge in [-0.05, 0) is 30.9 Å². The lowest BCUT2D eigenvalue weighted by Crippen LogP contribution is -2.40. The fourth-order valence-corrected chi connectivity index (χ4v) is 2.86. The average molecular weight is 361 g/mol. The molecule has 2 aliphatic rings. The minimum Gasteiger partial charge on any atom is -0.491 e. The van der Waals surface area contributed by atoms with Crippen molar-refractivity contribution in [1.82, 2.24) is 5.01 Å². The number of ether oxygens (including phenoxy) is 1. The molecule has 0 saturated carbocycles. The number of carbonyl (C=O) groups is 2. The number of carbonyl (C=O) groups excluding carboxylic acids is 2. The molecule has 6 N–H and O–H groups in total. The molecule has 0 bridgehead atoms. The highest BCUT2D eigenvalue weighted by Crippen LogP contribution is 2.29. The lowest BCUT2D eigenvalue weighted by molar-refractivity contribution is -0.118. The van der Waals surface area contributed by atoms with E-state index in [9.17, 15) is 9.59 Å². The predicted octanol–water partition coefficient (Wildman–Crippen LogP) is 0.680. The van der Waals surface area contributed by atoms with Crippen LogP contribution in [0.4, 0.5) is 5.69 Å². The number of nitrogens with two attached hydrogens (primary N) is 3. The molecular formula is C18H27N5O3. The molecule has 8 heteroatoms. The summed E-state index contributed by atoms with van der Waals surface area (Å²) in [7, 11) is 1.77. The van der Waals surface area contributed by atoms with Crippen molar-refractivity contribution in [2.24, 2.45) is 23.2 Å². The molecule has 2 aliphatic heterocycles. The number of amides is 2. The number of hydrogen-bond acceptors (Lipinski definition) is 6. The highest BCUT2D eigenvalue weighted by atomic mass is 16.5. The molecule has 1 aromatic carbocycles. The number of piperidine rings is 1. The van der Waals surface area contributed by atoms with E-state index in [2.05, 4.69) is 6.92 Å². The maximum Gasteiger partial charge on any atom is 0.266 e. The van der Waals surface area contributed by atoms with E-state index >= 15 is 0 Å². The molecule has 0 aliphatic carbocycles. The summed E-state index contributed by atoms with van der Waals surface area (Å²) < 4.78 is 5.43. The van der Waals surface area contributed by atoms with Gasteiger partial charge in [-0.1, -0.05) is 19.1 Å². The smallest absolute Gasteiger partial charge is 0.266 e. The van der Waals surface area contributed by atoms with Gasteiger partial charge in [-0.2, -0.15) is 0 Å². The van der Waals surface area contributed by atoms with E-state index in [1.165, 1.54) is 5.01 Å². The summed E-state index contributed by atoms with van der Waals surface area (Å²) in [6.45, 7) is 3.30. The summed E-state index contributed by atoms with van der Waals surface area (Å²) in [6.07, 6.45) is 2.20. The van der Waals surface area contributed by atoms with Crippen molar-refractivity contribution in [2.45, 2.75) is 26.2 Å². The van der Waals surface area contributed by atoms with Gasteiger partial charge in [0.2, 0.25) is 5.91 Å². The maximum atomic E-state index is 11.4. The first-order valence-corrected chi connectivity index (χ1v) is 8.60. The van der Waals surface area contributed by atoms with Crippen LogP contribution in [-0.2, 0) is 9.59 Å². The standard InChI is InChI=1S/C10H11NO2.C8H16N4O/c1-11-8-4-2-3-5-9(8)13-7-6-10(11)12;1-5-2-3-12(11)6(4-5)7(9)8(10)13/h2-5H,6-7H2,1H3;5H,2-4,9,11H2,1H3,(H2,10,13)/b;7-6-. The summed E-state index contributed by atoms with van der Waals surface area (Å²) in [5, 5.41) is 1.51. The van der Waals surface area contributed by atoms with Crippen LogP contribution >= 0.6 is 0 Å². The van der Waals surface area contributed by atoms with Crippen molar-refractivity contribution >= 4 is 17.5 Å². The van der Waals surface area contributed by atoms with Crippen molar-refractivity contribution in [3.8, 4) is 5.75 Å². The van der Waals surface area contributed by atoms with Gasteiger partial charge < -0.3 is 26.1 Å².